The average Bonchev–Trinajstić information content (AvgIpc) is 2.54. The number of nitrogens with one attached hydrogen (secondary N) is 1. The maximum atomic E-state index is 13.1. The number of Topliss-reactive ketones (excluding diaryl/α,β-unsaturated/α-hetero) is 1. The van der Waals surface area contributed by atoms with Gasteiger partial charge in [0, 0.05) is 26.2 Å². The molecule has 1 unspecified atom stereocenters. The van der Waals surface area contributed by atoms with Gasteiger partial charge >= 0.3 is 12.1 Å². The van der Waals surface area contributed by atoms with Crippen LogP contribution in [0.4, 0.5) is 18.9 Å². The van der Waals surface area contributed by atoms with Crippen LogP contribution in [0.5, 0.6) is 0 Å². The summed E-state index contributed by atoms with van der Waals surface area (Å²) in [6, 6.07) is 0. The summed E-state index contributed by atoms with van der Waals surface area (Å²) in [6.07, 6.45) is -4.23. The Morgan fingerprint density at radius 2 is 2.00 bits per heavy atom. The van der Waals surface area contributed by atoms with Crippen molar-refractivity contribution in [1.82, 2.24) is 15.5 Å². The molecule has 1 aliphatic heterocycles. The Morgan fingerprint density at radius 3 is 2.50 bits per heavy atom. The zero-order valence-corrected chi connectivity index (χ0v) is 12.9. The summed E-state index contributed by atoms with van der Waals surface area (Å²) in [7, 11) is 0. The molecule has 0 aliphatic carbocycles. The highest BCUT2D eigenvalue weighted by atomic mass is 19.4. The van der Waals surface area contributed by atoms with Gasteiger partial charge in [0.25, 0.3) is 0 Å². The van der Waals surface area contributed by atoms with Crippen LogP contribution in [0.2, 0.25) is 0 Å². The number of hydrogen-bond donors (Lipinski definition) is 2. The highest BCUT2D eigenvalue weighted by molar-refractivity contribution is 6.07. The molecule has 0 radical (unpaired) electrons. The first-order chi connectivity index (χ1) is 11.3. The normalized spacial score (nSPS) is 16.8. The van der Waals surface area contributed by atoms with Crippen molar-refractivity contribution in [1.29, 1.82) is 0 Å². The number of piperazine rings is 1. The van der Waals surface area contributed by atoms with Crippen molar-refractivity contribution < 1.29 is 27.9 Å². The minimum atomic E-state index is -4.71. The molecule has 1 aromatic rings. The predicted molar refractivity (Wildman–Crippen MR) is 78.2 cm³/mol. The molecule has 1 saturated heterocycles. The first kappa shape index (κ1) is 18.1. The zero-order valence-electron chi connectivity index (χ0n) is 12.9. The minimum Gasteiger partial charge on any atom is -0.476 e. The van der Waals surface area contributed by atoms with Gasteiger partial charge in [-0.3, -0.25) is 4.79 Å². The van der Waals surface area contributed by atoms with Crippen molar-refractivity contribution in [3.8, 4) is 0 Å². The summed E-state index contributed by atoms with van der Waals surface area (Å²) < 4.78 is 39.3. The van der Waals surface area contributed by atoms with E-state index in [0.717, 1.165) is 6.20 Å². The Morgan fingerprint density at radius 1 is 1.38 bits per heavy atom. The Labute approximate surface area is 135 Å². The second kappa shape index (κ2) is 7.12. The molecular formula is C14H17F3N4O3. The molecule has 132 valence electrons. The SMILES string of the molecule is CCC(C(=O)c1cnnc(C(=O)O)c1N1CCNCC1)C(F)(F)F. The number of rotatable bonds is 5. The molecule has 1 fully saturated rings. The van der Waals surface area contributed by atoms with Gasteiger partial charge in [0.15, 0.2) is 11.5 Å². The number of alkyl halides is 3. The summed E-state index contributed by atoms with van der Waals surface area (Å²) in [6.45, 7) is 3.01. The number of carboxylic acids is 1. The van der Waals surface area contributed by atoms with E-state index in [1.807, 2.05) is 0 Å². The fourth-order valence-corrected chi connectivity index (χ4v) is 2.67. The van der Waals surface area contributed by atoms with Crippen LogP contribution in [0, 0.1) is 5.92 Å². The fraction of sp³-hybridized carbons (Fsp3) is 0.571. The standard InChI is InChI=1S/C14H17F3N4O3/c1-2-9(14(15,16)17)12(22)8-7-19-20-10(13(23)24)11(8)21-5-3-18-4-6-21/h7,9,18H,2-6H2,1H3,(H,23,24). The summed E-state index contributed by atoms with van der Waals surface area (Å²) >= 11 is 0. The Balaban J connectivity index is 2.54. The molecule has 2 rings (SSSR count). The summed E-state index contributed by atoms with van der Waals surface area (Å²) in [5.41, 5.74) is -0.958. The van der Waals surface area contributed by atoms with E-state index < -0.39 is 36.0 Å². The number of nitrogens with zero attached hydrogens (tertiary/aromatic N) is 3. The Bertz CT molecular complexity index is 630. The predicted octanol–water partition coefficient (Wildman–Crippen LogP) is 1.36. The van der Waals surface area contributed by atoms with Crippen molar-refractivity contribution in [3.63, 3.8) is 0 Å². The molecule has 1 atom stereocenters. The van der Waals surface area contributed by atoms with Gasteiger partial charge in [0.05, 0.1) is 17.4 Å². The van der Waals surface area contributed by atoms with Gasteiger partial charge in [-0.2, -0.15) is 18.3 Å². The average molecular weight is 346 g/mol. The van der Waals surface area contributed by atoms with Crippen LogP contribution in [0.1, 0.15) is 34.2 Å². The number of carbonyl (C=O) groups excluding carboxylic acids is 1. The maximum absolute atomic E-state index is 13.1. The molecule has 0 bridgehead atoms. The third-order valence-electron chi connectivity index (χ3n) is 3.85. The van der Waals surface area contributed by atoms with Gasteiger partial charge in [-0.05, 0) is 6.42 Å². The summed E-state index contributed by atoms with van der Waals surface area (Å²) in [5, 5.41) is 19.2. The Kier molecular flexibility index (Phi) is 5.37. The highest BCUT2D eigenvalue weighted by Gasteiger charge is 2.45. The molecule has 1 aliphatic rings. The second-order valence-electron chi connectivity index (χ2n) is 5.36. The van der Waals surface area contributed by atoms with Gasteiger partial charge in [0.1, 0.15) is 5.92 Å². The molecule has 0 aromatic carbocycles. The van der Waals surface area contributed by atoms with Crippen molar-refractivity contribution in [2.45, 2.75) is 19.5 Å². The summed E-state index contributed by atoms with van der Waals surface area (Å²) in [5.74, 6) is -4.83. The topological polar surface area (TPSA) is 95.4 Å². The van der Waals surface area contributed by atoms with Crippen LogP contribution in [0.3, 0.4) is 0 Å². The van der Waals surface area contributed by atoms with Crippen molar-refractivity contribution in [2.75, 3.05) is 31.1 Å². The smallest absolute Gasteiger partial charge is 0.398 e. The molecule has 2 N–H and O–H groups in total. The molecule has 0 amide bonds. The van der Waals surface area contributed by atoms with Crippen LogP contribution < -0.4 is 10.2 Å². The van der Waals surface area contributed by atoms with Crippen molar-refractivity contribution >= 4 is 17.4 Å². The highest BCUT2D eigenvalue weighted by Crippen LogP contribution is 2.34. The molecule has 24 heavy (non-hydrogen) atoms. The van der Waals surface area contributed by atoms with E-state index in [-0.39, 0.29) is 11.3 Å². The number of hydrogen-bond acceptors (Lipinski definition) is 6. The van der Waals surface area contributed by atoms with Crippen LogP contribution in [0.25, 0.3) is 0 Å². The number of carboxylic acid groups (broad SMARTS) is 1. The van der Waals surface area contributed by atoms with E-state index in [9.17, 15) is 27.9 Å². The number of aromatic carboxylic acids is 1. The molecule has 1 aromatic heterocycles. The quantitative estimate of drug-likeness (QED) is 0.777. The number of carbonyl (C=O) groups is 2. The van der Waals surface area contributed by atoms with Crippen LogP contribution in [-0.2, 0) is 0 Å². The van der Waals surface area contributed by atoms with E-state index in [2.05, 4.69) is 15.5 Å². The van der Waals surface area contributed by atoms with Gasteiger partial charge in [-0.15, -0.1) is 5.10 Å². The molecule has 0 saturated carbocycles. The summed E-state index contributed by atoms with van der Waals surface area (Å²) in [4.78, 5) is 25.4. The molecule has 7 nitrogen and oxygen atoms in total. The molecular weight excluding hydrogens is 329 g/mol. The monoisotopic (exact) mass is 346 g/mol. The van der Waals surface area contributed by atoms with Gasteiger partial charge in [0.2, 0.25) is 0 Å². The molecule has 2 heterocycles. The first-order valence-electron chi connectivity index (χ1n) is 7.43. The van der Waals surface area contributed by atoms with E-state index >= 15 is 0 Å². The van der Waals surface area contributed by atoms with E-state index in [1.54, 1.807) is 4.90 Å². The lowest BCUT2D eigenvalue weighted by Crippen LogP contribution is -2.45. The minimum absolute atomic E-state index is 0.0910. The van der Waals surface area contributed by atoms with E-state index in [4.69, 9.17) is 0 Å². The van der Waals surface area contributed by atoms with Crippen LogP contribution in [0.15, 0.2) is 6.20 Å². The number of halogens is 3. The van der Waals surface area contributed by atoms with E-state index in [0.29, 0.717) is 26.2 Å². The number of ketones is 1. The van der Waals surface area contributed by atoms with E-state index in [1.165, 1.54) is 6.92 Å². The lowest BCUT2D eigenvalue weighted by Gasteiger charge is -2.31. The fourth-order valence-electron chi connectivity index (χ4n) is 2.67. The third-order valence-corrected chi connectivity index (χ3v) is 3.85. The van der Waals surface area contributed by atoms with Crippen LogP contribution in [-0.4, -0.2) is 59.4 Å². The van der Waals surface area contributed by atoms with Gasteiger partial charge in [-0.25, -0.2) is 4.79 Å². The lowest BCUT2D eigenvalue weighted by atomic mass is 9.93. The lowest BCUT2D eigenvalue weighted by molar-refractivity contribution is -0.161. The molecule has 10 heteroatoms. The van der Waals surface area contributed by atoms with Crippen molar-refractivity contribution in [2.24, 2.45) is 5.92 Å². The molecule has 0 spiro atoms. The number of anilines is 1. The largest absolute Gasteiger partial charge is 0.476 e. The first-order valence-corrected chi connectivity index (χ1v) is 7.43. The second-order valence-corrected chi connectivity index (χ2v) is 5.36. The van der Waals surface area contributed by atoms with Gasteiger partial charge in [-0.1, -0.05) is 6.92 Å². The zero-order chi connectivity index (χ0) is 17.9. The Hall–Kier alpha value is -2.23. The van der Waals surface area contributed by atoms with Crippen molar-refractivity contribution in [3.05, 3.63) is 17.5 Å². The van der Waals surface area contributed by atoms with Gasteiger partial charge < -0.3 is 15.3 Å². The third kappa shape index (κ3) is 3.64. The maximum Gasteiger partial charge on any atom is 0.398 e. The van der Waals surface area contributed by atoms with Crippen LogP contribution >= 0.6 is 0 Å². The number of aromatic nitrogens is 2.